The van der Waals surface area contributed by atoms with E-state index >= 15 is 0 Å². The van der Waals surface area contributed by atoms with Crippen molar-refractivity contribution < 1.29 is 0 Å². The van der Waals surface area contributed by atoms with Crippen molar-refractivity contribution in [3.8, 4) is 0 Å². The second-order valence-electron chi connectivity index (χ2n) is 5.59. The van der Waals surface area contributed by atoms with Crippen LogP contribution in [0.15, 0.2) is 22.7 Å². The first kappa shape index (κ1) is 14.6. The molecule has 0 radical (unpaired) electrons. The fourth-order valence-electron chi connectivity index (χ4n) is 2.07. The second-order valence-corrected chi connectivity index (χ2v) is 6.85. The number of hydrogen-bond donors (Lipinski definition) is 1. The molecule has 0 saturated carbocycles. The Labute approximate surface area is 127 Å². The van der Waals surface area contributed by atoms with E-state index < -0.39 is 0 Å². The first-order valence-corrected chi connectivity index (χ1v) is 7.54. The van der Waals surface area contributed by atoms with Crippen molar-refractivity contribution in [2.24, 2.45) is 0 Å². The molecule has 4 heteroatoms. The number of halogens is 2. The van der Waals surface area contributed by atoms with Crippen LogP contribution in [0.25, 0.3) is 10.9 Å². The predicted octanol–water partition coefficient (Wildman–Crippen LogP) is 5.38. The summed E-state index contributed by atoms with van der Waals surface area (Å²) >= 11 is 9.83. The zero-order valence-corrected chi connectivity index (χ0v) is 14.0. The molecule has 1 aromatic heterocycles. The molecule has 2 aromatic rings. The molecule has 1 aromatic carbocycles. The largest absolute Gasteiger partial charge is 0.370 e. The van der Waals surface area contributed by atoms with Gasteiger partial charge in [0.1, 0.15) is 5.82 Å². The number of fused-ring (bicyclic) bond motifs is 1. The molecule has 0 unspecified atom stereocenters. The molecule has 0 aliphatic heterocycles. The third-order valence-corrected chi connectivity index (χ3v) is 4.03. The Balaban J connectivity index is 2.80. The maximum absolute atomic E-state index is 6.26. The van der Waals surface area contributed by atoms with Crippen LogP contribution in [0.3, 0.4) is 0 Å². The Morgan fingerprint density at radius 2 is 2.00 bits per heavy atom. The summed E-state index contributed by atoms with van der Waals surface area (Å²) < 4.78 is 1.02. The van der Waals surface area contributed by atoms with Gasteiger partial charge in [0.05, 0.1) is 10.5 Å². The molecule has 0 aliphatic rings. The number of benzene rings is 1. The fraction of sp³-hybridized carbons (Fsp3) is 0.400. The quantitative estimate of drug-likeness (QED) is 0.793. The summed E-state index contributed by atoms with van der Waals surface area (Å²) in [5.74, 6) is 0.919. The number of rotatable bonds is 2. The van der Waals surface area contributed by atoms with Gasteiger partial charge >= 0.3 is 0 Å². The van der Waals surface area contributed by atoms with Crippen molar-refractivity contribution in [2.75, 3.05) is 11.9 Å². The van der Waals surface area contributed by atoms with E-state index in [0.29, 0.717) is 5.02 Å². The van der Waals surface area contributed by atoms with Gasteiger partial charge in [-0.2, -0.15) is 0 Å². The fourth-order valence-corrected chi connectivity index (χ4v) is 2.71. The smallest absolute Gasteiger partial charge is 0.130 e. The number of hydrogen-bond acceptors (Lipinski definition) is 2. The minimum absolute atomic E-state index is 0.0282. The molecule has 0 aliphatic carbocycles. The number of aromatic nitrogens is 1. The summed E-state index contributed by atoms with van der Waals surface area (Å²) in [6, 6.07) is 6.01. The van der Waals surface area contributed by atoms with Gasteiger partial charge in [-0.25, -0.2) is 4.98 Å². The van der Waals surface area contributed by atoms with E-state index in [2.05, 4.69) is 55.0 Å². The highest BCUT2D eigenvalue weighted by Crippen LogP contribution is 2.36. The van der Waals surface area contributed by atoms with E-state index in [1.165, 1.54) is 5.56 Å². The lowest BCUT2D eigenvalue weighted by molar-refractivity contribution is 0.590. The molecule has 2 nitrogen and oxygen atoms in total. The normalized spacial score (nSPS) is 11.9. The first-order chi connectivity index (χ1) is 8.84. The van der Waals surface area contributed by atoms with Crippen LogP contribution in [0, 0.1) is 0 Å². The van der Waals surface area contributed by atoms with Crippen molar-refractivity contribution in [1.29, 1.82) is 0 Å². The highest BCUT2D eigenvalue weighted by Gasteiger charge is 2.21. The molecule has 0 bridgehead atoms. The van der Waals surface area contributed by atoms with Gasteiger partial charge < -0.3 is 5.32 Å². The Hall–Kier alpha value is -0.800. The Morgan fingerprint density at radius 1 is 1.32 bits per heavy atom. The average molecular weight is 342 g/mol. The monoisotopic (exact) mass is 340 g/mol. The first-order valence-electron chi connectivity index (χ1n) is 6.37. The van der Waals surface area contributed by atoms with Crippen LogP contribution in [0.4, 0.5) is 5.82 Å². The van der Waals surface area contributed by atoms with E-state index in [-0.39, 0.29) is 5.41 Å². The van der Waals surface area contributed by atoms with Crippen LogP contribution in [0.2, 0.25) is 5.02 Å². The van der Waals surface area contributed by atoms with E-state index in [1.807, 2.05) is 12.1 Å². The Kier molecular flexibility index (Phi) is 4.07. The molecule has 0 amide bonds. The molecule has 0 fully saturated rings. The van der Waals surface area contributed by atoms with Crippen LogP contribution < -0.4 is 5.32 Å². The molecule has 2 rings (SSSR count). The lowest BCUT2D eigenvalue weighted by atomic mass is 9.86. The molecule has 0 saturated heterocycles. The molecular formula is C15H18BrClN2. The van der Waals surface area contributed by atoms with Crippen molar-refractivity contribution in [3.05, 3.63) is 33.3 Å². The van der Waals surface area contributed by atoms with Gasteiger partial charge in [-0.1, -0.05) is 48.3 Å². The Morgan fingerprint density at radius 3 is 2.58 bits per heavy atom. The summed E-state index contributed by atoms with van der Waals surface area (Å²) in [4.78, 5) is 4.72. The maximum Gasteiger partial charge on any atom is 0.130 e. The lowest BCUT2D eigenvalue weighted by Crippen LogP contribution is -2.16. The molecule has 102 valence electrons. The van der Waals surface area contributed by atoms with Gasteiger partial charge in [-0.3, -0.25) is 0 Å². The van der Waals surface area contributed by atoms with Crippen molar-refractivity contribution in [2.45, 2.75) is 33.1 Å². The number of pyridine rings is 1. The van der Waals surface area contributed by atoms with Crippen LogP contribution >= 0.6 is 27.5 Å². The van der Waals surface area contributed by atoms with Crippen molar-refractivity contribution in [3.63, 3.8) is 0 Å². The summed E-state index contributed by atoms with van der Waals surface area (Å²) in [7, 11) is 0. The summed E-state index contributed by atoms with van der Waals surface area (Å²) in [5.41, 5.74) is 2.06. The topological polar surface area (TPSA) is 24.9 Å². The highest BCUT2D eigenvalue weighted by atomic mass is 79.9. The molecule has 0 atom stereocenters. The lowest BCUT2D eigenvalue weighted by Gasteiger charge is -2.23. The Bertz CT molecular complexity index is 618. The maximum atomic E-state index is 6.26. The number of nitrogens with one attached hydrogen (secondary N) is 1. The van der Waals surface area contributed by atoms with E-state index in [9.17, 15) is 0 Å². The average Bonchev–Trinajstić information content (AvgIpc) is 2.33. The number of nitrogens with zero attached hydrogens (tertiary/aromatic N) is 1. The van der Waals surface area contributed by atoms with Crippen LogP contribution in [0.5, 0.6) is 0 Å². The van der Waals surface area contributed by atoms with Crippen LogP contribution in [0.1, 0.15) is 33.3 Å². The summed E-state index contributed by atoms with van der Waals surface area (Å²) in [6.45, 7) is 9.48. The third-order valence-electron chi connectivity index (χ3n) is 3.03. The van der Waals surface area contributed by atoms with Gasteiger partial charge in [-0.05, 0) is 30.5 Å². The standard InChI is InChI=1S/C15H18BrClN2/c1-5-18-14-10(15(2,3)4)8-9-11(16)6-7-12(17)13(9)19-14/h6-8H,5H2,1-4H3,(H,18,19). The van der Waals surface area contributed by atoms with Gasteiger partial charge in [0.2, 0.25) is 0 Å². The van der Waals surface area contributed by atoms with Crippen molar-refractivity contribution in [1.82, 2.24) is 4.98 Å². The zero-order valence-electron chi connectivity index (χ0n) is 11.6. The molecule has 1 N–H and O–H groups in total. The zero-order chi connectivity index (χ0) is 14.2. The SMILES string of the molecule is CCNc1nc2c(Cl)ccc(Br)c2cc1C(C)(C)C. The van der Waals surface area contributed by atoms with E-state index in [1.54, 1.807) is 0 Å². The summed E-state index contributed by atoms with van der Waals surface area (Å²) in [6.07, 6.45) is 0. The van der Waals surface area contributed by atoms with Crippen molar-refractivity contribution >= 4 is 44.3 Å². The minimum atomic E-state index is 0.0282. The van der Waals surface area contributed by atoms with Crippen LogP contribution in [-0.2, 0) is 5.41 Å². The third kappa shape index (κ3) is 2.87. The molecule has 19 heavy (non-hydrogen) atoms. The van der Waals surface area contributed by atoms with E-state index in [0.717, 1.165) is 27.7 Å². The van der Waals surface area contributed by atoms with E-state index in [4.69, 9.17) is 16.6 Å². The minimum Gasteiger partial charge on any atom is -0.370 e. The van der Waals surface area contributed by atoms with Gasteiger partial charge in [0.25, 0.3) is 0 Å². The van der Waals surface area contributed by atoms with Gasteiger partial charge in [0.15, 0.2) is 0 Å². The second kappa shape index (κ2) is 5.29. The predicted molar refractivity (Wildman–Crippen MR) is 87.3 cm³/mol. The van der Waals surface area contributed by atoms with Crippen LogP contribution in [-0.4, -0.2) is 11.5 Å². The number of anilines is 1. The summed E-state index contributed by atoms with van der Waals surface area (Å²) in [5, 5.41) is 5.07. The molecule has 0 spiro atoms. The van der Waals surface area contributed by atoms with Gasteiger partial charge in [0, 0.05) is 22.0 Å². The highest BCUT2D eigenvalue weighted by molar-refractivity contribution is 9.10. The molecular weight excluding hydrogens is 324 g/mol. The molecule has 1 heterocycles. The van der Waals surface area contributed by atoms with Gasteiger partial charge in [-0.15, -0.1) is 0 Å².